The van der Waals surface area contributed by atoms with Crippen LogP contribution in [0.1, 0.15) is 25.7 Å². The molecule has 68 valence electrons. The van der Waals surface area contributed by atoms with Crippen LogP contribution < -0.4 is 5.32 Å². The fourth-order valence-electron chi connectivity index (χ4n) is 1.87. The molecule has 3 nitrogen and oxygen atoms in total. The number of hydrogen-bond acceptors (Lipinski definition) is 3. The monoisotopic (exact) mass is 168 g/mol. The molecule has 12 heavy (non-hydrogen) atoms. The Hall–Kier alpha value is -0.590. The molecule has 0 bridgehead atoms. The van der Waals surface area contributed by atoms with E-state index in [-0.39, 0.29) is 6.61 Å². The Bertz CT molecular complexity index is 164. The fourth-order valence-corrected chi connectivity index (χ4v) is 1.87. The van der Waals surface area contributed by atoms with Crippen molar-refractivity contribution in [1.82, 2.24) is 5.32 Å². The van der Waals surface area contributed by atoms with Gasteiger partial charge in [-0.25, -0.2) is 0 Å². The summed E-state index contributed by atoms with van der Waals surface area (Å²) in [5.41, 5.74) is 0. The first-order chi connectivity index (χ1) is 5.88. The number of hydrogen-bond donors (Lipinski definition) is 2. The topological polar surface area (TPSA) is 56.0 Å². The van der Waals surface area contributed by atoms with Crippen molar-refractivity contribution < 1.29 is 5.11 Å². The molecule has 0 aromatic heterocycles. The van der Waals surface area contributed by atoms with Crippen molar-refractivity contribution in [3.63, 3.8) is 0 Å². The van der Waals surface area contributed by atoms with Crippen LogP contribution in [0, 0.1) is 17.2 Å². The van der Waals surface area contributed by atoms with Gasteiger partial charge >= 0.3 is 0 Å². The van der Waals surface area contributed by atoms with Gasteiger partial charge in [0.25, 0.3) is 0 Å². The Morgan fingerprint density at radius 1 is 1.42 bits per heavy atom. The predicted molar refractivity (Wildman–Crippen MR) is 46.4 cm³/mol. The minimum atomic E-state index is 0.253. The summed E-state index contributed by atoms with van der Waals surface area (Å²) in [5, 5.41) is 20.6. The summed E-state index contributed by atoms with van der Waals surface area (Å²) >= 11 is 0. The van der Waals surface area contributed by atoms with Crippen LogP contribution >= 0.6 is 0 Å². The van der Waals surface area contributed by atoms with Gasteiger partial charge in [0.05, 0.1) is 12.6 Å². The summed E-state index contributed by atoms with van der Waals surface area (Å²) in [6.07, 6.45) is 4.64. The zero-order valence-corrected chi connectivity index (χ0v) is 7.29. The number of nitrogens with zero attached hydrogens (tertiary/aromatic N) is 1. The molecular weight excluding hydrogens is 152 g/mol. The minimum Gasteiger partial charge on any atom is -0.396 e. The van der Waals surface area contributed by atoms with Crippen LogP contribution in [0.5, 0.6) is 0 Å². The van der Waals surface area contributed by atoms with Gasteiger partial charge in [0.2, 0.25) is 0 Å². The quantitative estimate of drug-likeness (QED) is 0.608. The van der Waals surface area contributed by atoms with Crippen LogP contribution in [-0.4, -0.2) is 24.3 Å². The van der Waals surface area contributed by atoms with E-state index in [0.717, 1.165) is 12.8 Å². The van der Waals surface area contributed by atoms with Gasteiger partial charge in [0, 0.05) is 12.6 Å². The molecule has 0 saturated heterocycles. The molecule has 0 spiro atoms. The molecule has 0 radical (unpaired) electrons. The zero-order chi connectivity index (χ0) is 8.81. The van der Waals surface area contributed by atoms with Gasteiger partial charge in [0.1, 0.15) is 0 Å². The van der Waals surface area contributed by atoms with Crippen molar-refractivity contribution in [3.8, 4) is 6.07 Å². The number of rotatable bonds is 3. The Balaban J connectivity index is 2.32. The molecule has 3 heteroatoms. The molecule has 1 saturated carbocycles. The first-order valence-electron chi connectivity index (χ1n) is 4.59. The van der Waals surface area contributed by atoms with Crippen molar-refractivity contribution in [3.05, 3.63) is 0 Å². The average molecular weight is 168 g/mol. The molecule has 1 aliphatic carbocycles. The molecule has 0 aromatic rings. The number of aliphatic hydroxyl groups is 1. The molecule has 1 fully saturated rings. The van der Waals surface area contributed by atoms with Gasteiger partial charge in [-0.15, -0.1) is 0 Å². The fraction of sp³-hybridized carbons (Fsp3) is 0.889. The van der Waals surface area contributed by atoms with Crippen molar-refractivity contribution >= 4 is 0 Å². The van der Waals surface area contributed by atoms with Gasteiger partial charge in [-0.3, -0.25) is 0 Å². The first-order valence-corrected chi connectivity index (χ1v) is 4.59. The van der Waals surface area contributed by atoms with Crippen molar-refractivity contribution in [2.24, 2.45) is 5.92 Å². The van der Waals surface area contributed by atoms with E-state index in [1.54, 1.807) is 0 Å². The smallest absolute Gasteiger partial charge is 0.0843 e. The van der Waals surface area contributed by atoms with Gasteiger partial charge in [-0.05, 0) is 18.8 Å². The van der Waals surface area contributed by atoms with Crippen LogP contribution in [0.15, 0.2) is 0 Å². The second-order valence-electron chi connectivity index (χ2n) is 3.37. The number of nitrogens with one attached hydrogen (secondary N) is 1. The maximum atomic E-state index is 9.04. The molecule has 0 aliphatic heterocycles. The molecule has 1 aliphatic rings. The zero-order valence-electron chi connectivity index (χ0n) is 7.29. The molecule has 0 aromatic carbocycles. The summed E-state index contributed by atoms with van der Waals surface area (Å²) in [6.45, 7) is 0.657. The van der Waals surface area contributed by atoms with Gasteiger partial charge in [-0.2, -0.15) is 5.26 Å². The van der Waals surface area contributed by atoms with Gasteiger partial charge in [-0.1, -0.05) is 12.8 Å². The van der Waals surface area contributed by atoms with Crippen molar-refractivity contribution in [1.29, 1.82) is 5.26 Å². The lowest BCUT2D eigenvalue weighted by Crippen LogP contribution is -2.40. The molecule has 2 N–H and O–H groups in total. The molecular formula is C9H16N2O. The van der Waals surface area contributed by atoms with Crippen LogP contribution in [-0.2, 0) is 0 Å². The normalized spacial score (nSPS) is 29.7. The SMILES string of the molecule is N#CCNC1CCCCC1CO. The lowest BCUT2D eigenvalue weighted by Gasteiger charge is -2.30. The number of aliphatic hydroxyl groups excluding tert-OH is 1. The Kier molecular flexibility index (Phi) is 4.06. The Morgan fingerprint density at radius 3 is 2.83 bits per heavy atom. The maximum Gasteiger partial charge on any atom is 0.0843 e. The lowest BCUT2D eigenvalue weighted by atomic mass is 9.85. The van der Waals surface area contributed by atoms with E-state index in [1.165, 1.54) is 12.8 Å². The lowest BCUT2D eigenvalue weighted by molar-refractivity contribution is 0.155. The van der Waals surface area contributed by atoms with Gasteiger partial charge < -0.3 is 10.4 Å². The summed E-state index contributed by atoms with van der Waals surface area (Å²) in [4.78, 5) is 0. The highest BCUT2D eigenvalue weighted by molar-refractivity contribution is 4.84. The maximum absolute atomic E-state index is 9.04. The summed E-state index contributed by atoms with van der Waals surface area (Å²) < 4.78 is 0. The van der Waals surface area contributed by atoms with E-state index in [1.807, 2.05) is 0 Å². The summed E-state index contributed by atoms with van der Waals surface area (Å²) in [7, 11) is 0. The van der Waals surface area contributed by atoms with Gasteiger partial charge in [0.15, 0.2) is 0 Å². The standard InChI is InChI=1S/C9H16N2O/c10-5-6-11-9-4-2-1-3-8(9)7-12/h8-9,11-12H,1-4,6-7H2. The highest BCUT2D eigenvalue weighted by Gasteiger charge is 2.23. The van der Waals surface area contributed by atoms with E-state index >= 15 is 0 Å². The van der Waals surface area contributed by atoms with E-state index < -0.39 is 0 Å². The van der Waals surface area contributed by atoms with Crippen LogP contribution in [0.25, 0.3) is 0 Å². The van der Waals surface area contributed by atoms with E-state index in [4.69, 9.17) is 10.4 Å². The summed E-state index contributed by atoms with van der Waals surface area (Å²) in [5.74, 6) is 0.368. The van der Waals surface area contributed by atoms with Crippen molar-refractivity contribution in [2.45, 2.75) is 31.7 Å². The Labute approximate surface area is 73.4 Å². The second-order valence-corrected chi connectivity index (χ2v) is 3.37. The molecule has 1 rings (SSSR count). The third-order valence-electron chi connectivity index (χ3n) is 2.59. The summed E-state index contributed by atoms with van der Waals surface area (Å²) in [6, 6.07) is 2.43. The molecule has 2 atom stereocenters. The van der Waals surface area contributed by atoms with E-state index in [0.29, 0.717) is 18.5 Å². The van der Waals surface area contributed by atoms with E-state index in [9.17, 15) is 0 Å². The first kappa shape index (κ1) is 9.50. The van der Waals surface area contributed by atoms with Crippen molar-refractivity contribution in [2.75, 3.05) is 13.2 Å². The average Bonchev–Trinajstić information content (AvgIpc) is 2.15. The van der Waals surface area contributed by atoms with Crippen LogP contribution in [0.4, 0.5) is 0 Å². The molecule has 2 unspecified atom stereocenters. The third kappa shape index (κ3) is 2.47. The number of nitriles is 1. The van der Waals surface area contributed by atoms with E-state index in [2.05, 4.69) is 11.4 Å². The third-order valence-corrected chi connectivity index (χ3v) is 2.59. The highest BCUT2D eigenvalue weighted by Crippen LogP contribution is 2.23. The largest absolute Gasteiger partial charge is 0.396 e. The van der Waals surface area contributed by atoms with Crippen LogP contribution in [0.3, 0.4) is 0 Å². The second kappa shape index (κ2) is 5.13. The molecule has 0 heterocycles. The predicted octanol–water partition coefficient (Wildman–Crippen LogP) is 0.651. The highest BCUT2D eigenvalue weighted by atomic mass is 16.3. The van der Waals surface area contributed by atoms with Crippen LogP contribution in [0.2, 0.25) is 0 Å². The minimum absolute atomic E-state index is 0.253. The molecule has 0 amide bonds. The Morgan fingerprint density at radius 2 is 2.17 bits per heavy atom.